The topological polar surface area (TPSA) is 288 Å². The lowest BCUT2D eigenvalue weighted by molar-refractivity contribution is 0.0613. The van der Waals surface area contributed by atoms with E-state index in [0.29, 0.717) is 56.7 Å². The zero-order valence-corrected chi connectivity index (χ0v) is 55.1. The Balaban J connectivity index is 0.000000127. The van der Waals surface area contributed by atoms with Crippen LogP contribution < -0.4 is 16.0 Å². The van der Waals surface area contributed by atoms with Crippen molar-refractivity contribution >= 4 is 17.7 Å². The molecule has 12 atom stereocenters. The highest BCUT2D eigenvalue weighted by molar-refractivity contribution is 5.93. The SMILES string of the molecule is CCCn1nc(C(=O)N[C@H]2CO[C@H]3[C@@H]2OC[C@@H]3n2cc(CC3CCCCC3)nn2)cc1C.CCn1nc(C(=O)N[C@H]2CO[C@H]3[C@@H]2OC[C@@H]3n2cc(CC3CCCCC3)nn2)cc1C.Cc1cc(C(=O)N[C@H]2CO[C@H]3[C@@H]2OC[C@@H]3n2cc(CC3CCCCC3)nn2)nn1C. The van der Waals surface area contributed by atoms with E-state index in [-0.39, 0.29) is 90.6 Å². The Morgan fingerprint density at radius 1 is 0.441 bits per heavy atom. The fourth-order valence-corrected chi connectivity index (χ4v) is 15.7. The molecular formula is C66H96N18O9. The van der Waals surface area contributed by atoms with Gasteiger partial charge >= 0.3 is 0 Å². The summed E-state index contributed by atoms with van der Waals surface area (Å²) < 4.78 is 47.4. The number of hydrogen-bond acceptors (Lipinski definition) is 18. The molecular weight excluding hydrogens is 1190 g/mol. The van der Waals surface area contributed by atoms with Crippen LogP contribution in [0.5, 0.6) is 0 Å². The van der Waals surface area contributed by atoms with E-state index >= 15 is 0 Å². The summed E-state index contributed by atoms with van der Waals surface area (Å²) in [4.78, 5) is 38.0. The van der Waals surface area contributed by atoms with Crippen molar-refractivity contribution in [2.24, 2.45) is 24.8 Å². The normalized spacial score (nSPS) is 28.7. The summed E-state index contributed by atoms with van der Waals surface area (Å²) in [6.45, 7) is 14.3. The van der Waals surface area contributed by atoms with Gasteiger partial charge in [0.05, 0.1) is 74.8 Å². The molecule has 27 heteroatoms. The van der Waals surface area contributed by atoms with Crippen molar-refractivity contribution in [2.45, 2.75) is 243 Å². The van der Waals surface area contributed by atoms with Crippen LogP contribution >= 0.6 is 0 Å². The Labute approximate surface area is 543 Å². The molecule has 6 aromatic rings. The van der Waals surface area contributed by atoms with Crippen molar-refractivity contribution in [1.82, 2.24) is 90.3 Å². The van der Waals surface area contributed by atoms with E-state index < -0.39 is 0 Å². The zero-order chi connectivity index (χ0) is 64.1. The van der Waals surface area contributed by atoms with Crippen LogP contribution in [0.3, 0.4) is 0 Å². The number of aromatic nitrogens is 15. The first kappa shape index (κ1) is 64.9. The van der Waals surface area contributed by atoms with Crippen molar-refractivity contribution < 1.29 is 42.8 Å². The Bertz CT molecular complexity index is 3440. The van der Waals surface area contributed by atoms with Crippen molar-refractivity contribution in [3.8, 4) is 0 Å². The number of rotatable bonds is 18. The Hall–Kier alpha value is -6.78. The smallest absolute Gasteiger partial charge is 0.272 e. The minimum Gasteiger partial charge on any atom is -0.371 e. The molecule has 9 aliphatic rings. The van der Waals surface area contributed by atoms with Gasteiger partial charge in [-0.2, -0.15) is 15.3 Å². The maximum Gasteiger partial charge on any atom is 0.272 e. The fourth-order valence-electron chi connectivity index (χ4n) is 15.7. The van der Waals surface area contributed by atoms with E-state index in [1.54, 1.807) is 10.7 Å². The number of aryl methyl sites for hydroxylation is 6. The van der Waals surface area contributed by atoms with Gasteiger partial charge in [-0.05, 0) is 89.3 Å². The molecule has 0 bridgehead atoms. The average molecular weight is 1290 g/mol. The summed E-state index contributed by atoms with van der Waals surface area (Å²) in [5.41, 5.74) is 7.36. The van der Waals surface area contributed by atoms with Gasteiger partial charge in [-0.3, -0.25) is 28.4 Å². The average Bonchev–Trinajstić information content (AvgIpc) is 1.69. The molecule has 93 heavy (non-hydrogen) atoms. The Morgan fingerprint density at radius 2 is 0.774 bits per heavy atom. The molecule has 504 valence electrons. The van der Waals surface area contributed by atoms with Crippen LogP contribution in [-0.2, 0) is 67.8 Å². The lowest BCUT2D eigenvalue weighted by atomic mass is 9.86. The van der Waals surface area contributed by atoms with Crippen molar-refractivity contribution in [1.29, 1.82) is 0 Å². The third-order valence-electron chi connectivity index (χ3n) is 20.9. The van der Waals surface area contributed by atoms with Crippen LogP contribution in [0.1, 0.15) is 200 Å². The Kier molecular flexibility index (Phi) is 20.6. The molecule has 0 spiro atoms. The monoisotopic (exact) mass is 1280 g/mol. The first-order valence-electron chi connectivity index (χ1n) is 34.8. The summed E-state index contributed by atoms with van der Waals surface area (Å²) in [5.74, 6) is 1.62. The molecule has 3 aliphatic carbocycles. The van der Waals surface area contributed by atoms with E-state index in [1.807, 2.05) is 70.3 Å². The molecule has 15 rings (SSSR count). The summed E-state index contributed by atoms with van der Waals surface area (Å²) >= 11 is 0. The number of nitrogens with zero attached hydrogens (tertiary/aromatic N) is 15. The van der Waals surface area contributed by atoms with Gasteiger partial charge in [-0.15, -0.1) is 15.3 Å². The summed E-state index contributed by atoms with van der Waals surface area (Å²) in [7, 11) is 1.83. The van der Waals surface area contributed by atoms with Gasteiger partial charge in [-0.1, -0.05) is 119 Å². The lowest BCUT2D eigenvalue weighted by Crippen LogP contribution is -2.44. The summed E-state index contributed by atoms with van der Waals surface area (Å²) in [6, 6.07) is 4.81. The van der Waals surface area contributed by atoms with Crippen LogP contribution in [0.2, 0.25) is 0 Å². The number of carbonyl (C=O) groups is 3. The highest BCUT2D eigenvalue weighted by Gasteiger charge is 2.52. The first-order chi connectivity index (χ1) is 45.3. The molecule has 6 aromatic heterocycles. The summed E-state index contributed by atoms with van der Waals surface area (Å²) in [6.07, 6.45) is 29.0. The second-order valence-electron chi connectivity index (χ2n) is 27.6. The molecule has 6 saturated heterocycles. The molecule has 0 radical (unpaired) electrons. The number of fused-ring (bicyclic) bond motifs is 3. The maximum absolute atomic E-state index is 12.8. The number of ether oxygens (including phenoxy) is 6. The second-order valence-corrected chi connectivity index (χ2v) is 27.6. The Morgan fingerprint density at radius 3 is 1.11 bits per heavy atom. The highest BCUT2D eigenvalue weighted by Crippen LogP contribution is 2.38. The van der Waals surface area contributed by atoms with E-state index in [1.165, 1.54) is 96.3 Å². The minimum absolute atomic E-state index is 0.0124. The number of amides is 3. The van der Waals surface area contributed by atoms with Crippen LogP contribution in [0.15, 0.2) is 36.8 Å². The maximum atomic E-state index is 12.8. The van der Waals surface area contributed by atoms with E-state index in [2.05, 4.69) is 87.7 Å². The van der Waals surface area contributed by atoms with Gasteiger partial charge in [0.15, 0.2) is 0 Å². The molecule has 27 nitrogen and oxygen atoms in total. The van der Waals surface area contributed by atoms with Gasteiger partial charge < -0.3 is 44.4 Å². The molecule has 6 aliphatic heterocycles. The summed E-state index contributed by atoms with van der Waals surface area (Å²) in [5, 5.41) is 48.6. The van der Waals surface area contributed by atoms with Crippen molar-refractivity contribution in [3.05, 3.63) is 88.0 Å². The standard InChI is InChI=1S/C23H34N6O3.C22H32N6O3.C21H30N6O3/c1-3-9-28-15(2)10-18(26-28)23(30)24-19-13-31-22-20(14-32-21(19)22)29-12-17(25-27-29)11-16-7-5-4-6-8-16;1-3-27-14(2)9-17(25-27)22(29)23-18-12-30-21-19(13-31-20(18)21)28-11-16(24-26-28)10-15-7-5-4-6-8-15;1-13-8-16(24-26(13)2)21(28)22-17-11-29-20-18(12-30-19(17)20)27-10-15(23-25-27)9-14-6-4-3-5-7-14/h10,12,16,19-22H,3-9,11,13-14H2,1-2H3,(H,24,30);9,11,15,18-21H,3-8,10,12-13H2,1-2H3,(H,23,29);8,10,14,17-20H,3-7,9,11-12H2,1-2H3,(H,22,28)/t19-,20-,21+,22+;18-,19-,20+,21+;17-,18-,19+,20+/m000/s1. The van der Waals surface area contributed by atoms with Crippen LogP contribution in [0.25, 0.3) is 0 Å². The van der Waals surface area contributed by atoms with E-state index in [9.17, 15) is 14.4 Å². The zero-order valence-electron chi connectivity index (χ0n) is 55.1. The highest BCUT2D eigenvalue weighted by atomic mass is 16.6. The van der Waals surface area contributed by atoms with Crippen LogP contribution in [0.4, 0.5) is 0 Å². The minimum atomic E-state index is -0.199. The fraction of sp³-hybridized carbons (Fsp3) is 0.727. The first-order valence-corrected chi connectivity index (χ1v) is 34.8. The van der Waals surface area contributed by atoms with E-state index in [0.717, 1.165) is 90.7 Å². The van der Waals surface area contributed by atoms with E-state index in [4.69, 9.17) is 28.4 Å². The molecule has 3 N–H and O–H groups in total. The predicted octanol–water partition coefficient (Wildman–Crippen LogP) is 6.10. The van der Waals surface area contributed by atoms with Crippen LogP contribution in [0, 0.1) is 38.5 Å². The number of carbonyl (C=O) groups excluding carboxylic acids is 3. The third kappa shape index (κ3) is 14.9. The molecule has 12 heterocycles. The van der Waals surface area contributed by atoms with Gasteiger partial charge in [0.1, 0.15) is 71.8 Å². The lowest BCUT2D eigenvalue weighted by Gasteiger charge is -2.20. The quantitative estimate of drug-likeness (QED) is 0.0876. The van der Waals surface area contributed by atoms with Gasteiger partial charge in [0.2, 0.25) is 0 Å². The molecule has 9 fully saturated rings. The molecule has 0 unspecified atom stereocenters. The molecule has 3 amide bonds. The number of nitrogens with one attached hydrogen (secondary N) is 3. The number of hydrogen-bond donors (Lipinski definition) is 3. The largest absolute Gasteiger partial charge is 0.371 e. The predicted molar refractivity (Wildman–Crippen MR) is 338 cm³/mol. The van der Waals surface area contributed by atoms with Gasteiger partial charge in [0.25, 0.3) is 17.7 Å². The third-order valence-corrected chi connectivity index (χ3v) is 20.9. The van der Waals surface area contributed by atoms with Crippen molar-refractivity contribution in [3.63, 3.8) is 0 Å². The molecule has 3 saturated carbocycles. The second kappa shape index (κ2) is 29.5. The van der Waals surface area contributed by atoms with Gasteiger partial charge in [-0.25, -0.2) is 14.0 Å². The van der Waals surface area contributed by atoms with Crippen LogP contribution in [-0.4, -0.2) is 186 Å². The molecule has 0 aromatic carbocycles. The van der Waals surface area contributed by atoms with Gasteiger partial charge in [0, 0.05) is 55.8 Å². The van der Waals surface area contributed by atoms with Crippen molar-refractivity contribution in [2.75, 3.05) is 39.6 Å².